The number of carboxylic acid groups (broad SMARTS) is 1. The number of carboxylic acids is 1. The molecule has 12 heteroatoms. The van der Waals surface area contributed by atoms with E-state index in [1.807, 2.05) is 6.92 Å². The highest BCUT2D eigenvalue weighted by Gasteiger charge is 2.33. The van der Waals surface area contributed by atoms with E-state index in [1.165, 1.54) is 18.2 Å². The van der Waals surface area contributed by atoms with Crippen LogP contribution in [0.2, 0.25) is 0 Å². The summed E-state index contributed by atoms with van der Waals surface area (Å²) < 4.78 is 28.8. The molecule has 1 rings (SSSR count). The molecule has 3 atom stereocenters. The second-order valence-electron chi connectivity index (χ2n) is 6.95. The van der Waals surface area contributed by atoms with Gasteiger partial charge < -0.3 is 39.3 Å². The van der Waals surface area contributed by atoms with Gasteiger partial charge in [-0.05, 0) is 30.0 Å². The van der Waals surface area contributed by atoms with Gasteiger partial charge in [-0.25, -0.2) is 14.4 Å². The molecule has 33 heavy (non-hydrogen) atoms. The summed E-state index contributed by atoms with van der Waals surface area (Å²) in [6, 6.07) is 2.58. The third-order valence-corrected chi connectivity index (χ3v) is 4.54. The van der Waals surface area contributed by atoms with Gasteiger partial charge in [-0.2, -0.15) is 0 Å². The zero-order valence-corrected chi connectivity index (χ0v) is 18.9. The minimum Gasteiger partial charge on any atom is -0.480 e. The first-order chi connectivity index (χ1) is 15.6. The first-order valence-electron chi connectivity index (χ1n) is 10.1. The van der Waals surface area contributed by atoms with Crippen molar-refractivity contribution < 1.29 is 52.7 Å². The van der Waals surface area contributed by atoms with E-state index in [0.717, 1.165) is 20.6 Å². The van der Waals surface area contributed by atoms with Crippen LogP contribution in [0.3, 0.4) is 0 Å². The average Bonchev–Trinajstić information content (AvgIpc) is 2.79. The third-order valence-electron chi connectivity index (χ3n) is 4.54. The van der Waals surface area contributed by atoms with Crippen molar-refractivity contribution >= 4 is 24.4 Å². The summed E-state index contributed by atoms with van der Waals surface area (Å²) in [5, 5.41) is 9.49. The van der Waals surface area contributed by atoms with Crippen LogP contribution in [-0.4, -0.2) is 63.0 Å². The summed E-state index contributed by atoms with van der Waals surface area (Å²) in [5.41, 5.74) is 6.22. The van der Waals surface area contributed by atoms with Gasteiger partial charge in [-0.15, -0.1) is 0 Å². The molecule has 184 valence electrons. The van der Waals surface area contributed by atoms with Gasteiger partial charge in [-0.3, -0.25) is 4.79 Å². The van der Waals surface area contributed by atoms with Gasteiger partial charge in [-0.1, -0.05) is 26.3 Å². The fourth-order valence-corrected chi connectivity index (χ4v) is 2.85. The lowest BCUT2D eigenvalue weighted by Crippen LogP contribution is -2.40. The maximum atomic E-state index is 11.7. The Kier molecular flexibility index (Phi) is 11.5. The molecule has 0 saturated heterocycles. The highest BCUT2D eigenvalue weighted by atomic mass is 16.7. The number of carbonyl (C=O) groups is 4. The van der Waals surface area contributed by atoms with Crippen molar-refractivity contribution in [3.63, 3.8) is 0 Å². The summed E-state index contributed by atoms with van der Waals surface area (Å²) in [7, 11) is 2.17. The monoisotopic (exact) mass is 471 g/mol. The largest absolute Gasteiger partial charge is 0.513 e. The molecule has 0 aliphatic carbocycles. The number of methoxy groups -OCH3 is 2. The number of aliphatic carboxylic acids is 1. The van der Waals surface area contributed by atoms with Crippen LogP contribution in [0.1, 0.15) is 38.2 Å². The Hall–Kier alpha value is -3.54. The molecule has 0 aliphatic rings. The molecule has 3 N–H and O–H groups in total. The van der Waals surface area contributed by atoms with Gasteiger partial charge in [0, 0.05) is 5.92 Å². The fourth-order valence-electron chi connectivity index (χ4n) is 2.85. The van der Waals surface area contributed by atoms with Crippen LogP contribution < -0.4 is 15.2 Å². The fraction of sp³-hybridized carbons (Fsp3) is 0.524. The second-order valence-corrected chi connectivity index (χ2v) is 6.95. The minimum absolute atomic E-state index is 0.179. The summed E-state index contributed by atoms with van der Waals surface area (Å²) in [6.07, 6.45) is -1.54. The van der Waals surface area contributed by atoms with E-state index in [2.05, 4.69) is 9.47 Å². The lowest BCUT2D eigenvalue weighted by molar-refractivity contribution is -0.139. The number of nitrogens with two attached hydrogens (primary N) is 1. The Bertz CT molecular complexity index is 826. The van der Waals surface area contributed by atoms with Gasteiger partial charge in [0.25, 0.3) is 0 Å². The van der Waals surface area contributed by atoms with Crippen molar-refractivity contribution in [3.05, 3.63) is 23.8 Å². The van der Waals surface area contributed by atoms with E-state index < -0.39 is 42.3 Å². The maximum Gasteiger partial charge on any atom is 0.513 e. The molecule has 1 aromatic rings. The van der Waals surface area contributed by atoms with Crippen molar-refractivity contribution in [2.45, 2.75) is 38.6 Å². The Morgan fingerprint density at radius 3 is 2.12 bits per heavy atom. The minimum atomic E-state index is -1.40. The van der Waals surface area contributed by atoms with E-state index in [-0.39, 0.29) is 24.7 Å². The lowest BCUT2D eigenvalue weighted by Gasteiger charge is -2.27. The van der Waals surface area contributed by atoms with Crippen LogP contribution in [0.15, 0.2) is 18.2 Å². The van der Waals surface area contributed by atoms with Gasteiger partial charge >= 0.3 is 24.4 Å². The zero-order chi connectivity index (χ0) is 25.0. The number of carbonyl (C=O) groups excluding carboxylic acids is 3. The SMILES string of the molecule is CCCCOC(=O)OCC(C)C(c1ccc(OC(=O)OC)c(OC(=O)OC)c1)[C@H](N)C(=O)O. The van der Waals surface area contributed by atoms with Crippen LogP contribution in [0.25, 0.3) is 0 Å². The normalized spacial score (nSPS) is 13.1. The summed E-state index contributed by atoms with van der Waals surface area (Å²) >= 11 is 0. The van der Waals surface area contributed by atoms with Crippen molar-refractivity contribution in [3.8, 4) is 11.5 Å². The maximum absolute atomic E-state index is 11.7. The number of hydrogen-bond acceptors (Lipinski definition) is 11. The van der Waals surface area contributed by atoms with Gasteiger partial charge in [0.15, 0.2) is 11.5 Å². The van der Waals surface area contributed by atoms with Gasteiger partial charge in [0.1, 0.15) is 6.04 Å². The van der Waals surface area contributed by atoms with Crippen molar-refractivity contribution in [1.82, 2.24) is 0 Å². The predicted molar refractivity (Wildman–Crippen MR) is 112 cm³/mol. The van der Waals surface area contributed by atoms with E-state index in [0.29, 0.717) is 12.0 Å². The molecule has 0 saturated carbocycles. The molecule has 0 aliphatic heterocycles. The Balaban J connectivity index is 3.20. The van der Waals surface area contributed by atoms with Crippen LogP contribution in [-0.2, 0) is 23.7 Å². The Morgan fingerprint density at radius 1 is 0.970 bits per heavy atom. The van der Waals surface area contributed by atoms with E-state index in [4.69, 9.17) is 24.7 Å². The number of rotatable bonds is 11. The first kappa shape index (κ1) is 27.5. The zero-order valence-electron chi connectivity index (χ0n) is 18.9. The van der Waals surface area contributed by atoms with Crippen LogP contribution >= 0.6 is 0 Å². The molecular formula is C21H29NO11. The van der Waals surface area contributed by atoms with Crippen molar-refractivity contribution in [1.29, 1.82) is 0 Å². The molecule has 0 amide bonds. The quantitative estimate of drug-likeness (QED) is 0.209. The van der Waals surface area contributed by atoms with E-state index >= 15 is 0 Å². The standard InChI is InChI=1S/C21H29NO11/c1-5-6-9-30-21(27)31-11-12(2)16(17(22)18(23)24)13-7-8-14(32-19(25)28-3)15(10-13)33-20(26)29-4/h7-8,10,12,16-17H,5-6,9,11,22H2,1-4H3,(H,23,24)/t12?,16?,17-/m0/s1. The van der Waals surface area contributed by atoms with Crippen LogP contribution in [0, 0.1) is 5.92 Å². The molecule has 2 unspecified atom stereocenters. The molecule has 0 fully saturated rings. The highest BCUT2D eigenvalue weighted by molar-refractivity contribution is 5.75. The smallest absolute Gasteiger partial charge is 0.480 e. The Morgan fingerprint density at radius 2 is 1.58 bits per heavy atom. The van der Waals surface area contributed by atoms with Crippen molar-refractivity contribution in [2.75, 3.05) is 27.4 Å². The molecule has 0 spiro atoms. The van der Waals surface area contributed by atoms with E-state index in [1.54, 1.807) is 6.92 Å². The second kappa shape index (κ2) is 13.8. The van der Waals surface area contributed by atoms with Crippen molar-refractivity contribution in [2.24, 2.45) is 11.7 Å². The topological polar surface area (TPSA) is 170 Å². The van der Waals surface area contributed by atoms with E-state index in [9.17, 15) is 24.3 Å². The Labute approximate surface area is 190 Å². The molecular weight excluding hydrogens is 442 g/mol. The molecule has 0 bridgehead atoms. The molecule has 1 aromatic carbocycles. The number of hydrogen-bond donors (Lipinski definition) is 2. The van der Waals surface area contributed by atoms with Crippen LogP contribution in [0.4, 0.5) is 14.4 Å². The number of benzene rings is 1. The number of unbranched alkanes of at least 4 members (excludes halogenated alkanes) is 1. The molecule has 0 heterocycles. The third kappa shape index (κ3) is 8.85. The first-order valence-corrected chi connectivity index (χ1v) is 10.1. The highest BCUT2D eigenvalue weighted by Crippen LogP contribution is 2.36. The van der Waals surface area contributed by atoms with Gasteiger partial charge in [0.2, 0.25) is 0 Å². The summed E-state index contributed by atoms with van der Waals surface area (Å²) in [4.78, 5) is 46.5. The summed E-state index contributed by atoms with van der Waals surface area (Å²) in [5.74, 6) is -3.20. The lowest BCUT2D eigenvalue weighted by atomic mass is 9.82. The molecule has 0 radical (unpaired) electrons. The van der Waals surface area contributed by atoms with Crippen LogP contribution in [0.5, 0.6) is 11.5 Å². The molecule has 0 aromatic heterocycles. The average molecular weight is 471 g/mol. The number of ether oxygens (including phenoxy) is 6. The van der Waals surface area contributed by atoms with Gasteiger partial charge in [0.05, 0.1) is 27.4 Å². The molecule has 12 nitrogen and oxygen atoms in total. The predicted octanol–water partition coefficient (Wildman–Crippen LogP) is 3.06. The summed E-state index contributed by atoms with van der Waals surface area (Å²) in [6.45, 7) is 3.59.